The van der Waals surface area contributed by atoms with Crippen LogP contribution in [0.5, 0.6) is 0 Å². The zero-order valence-electron chi connectivity index (χ0n) is 13.5. The second-order valence-electron chi connectivity index (χ2n) is 5.44. The summed E-state index contributed by atoms with van der Waals surface area (Å²) in [5.74, 6) is -1.54. The minimum atomic E-state index is -1.13. The van der Waals surface area contributed by atoms with Gasteiger partial charge in [0, 0.05) is 17.4 Å². The Bertz CT molecular complexity index is 561. The predicted molar refractivity (Wildman–Crippen MR) is 84.2 cm³/mol. The molecule has 1 rings (SSSR count). The maximum absolute atomic E-state index is 12.3. The highest BCUT2D eigenvalue weighted by Gasteiger charge is 2.23. The molecule has 0 spiro atoms. The predicted octanol–water partition coefficient (Wildman–Crippen LogP) is 2.07. The summed E-state index contributed by atoms with van der Waals surface area (Å²) in [5, 5.41) is 11.7. The molecule has 6 nitrogen and oxygen atoms in total. The molecule has 0 aliphatic carbocycles. The number of aryl methyl sites for hydroxylation is 1. The van der Waals surface area contributed by atoms with Crippen molar-refractivity contribution in [2.45, 2.75) is 39.8 Å². The third-order valence-corrected chi connectivity index (χ3v) is 3.37. The molecule has 0 aliphatic rings. The molecule has 6 heteroatoms. The van der Waals surface area contributed by atoms with Crippen molar-refractivity contribution in [1.82, 2.24) is 9.88 Å². The van der Waals surface area contributed by atoms with Crippen LogP contribution in [-0.2, 0) is 9.53 Å². The van der Waals surface area contributed by atoms with Crippen molar-refractivity contribution in [3.05, 3.63) is 35.7 Å². The molecule has 0 aliphatic heterocycles. The Morgan fingerprint density at radius 1 is 1.45 bits per heavy atom. The van der Waals surface area contributed by atoms with E-state index < -0.39 is 17.9 Å². The second-order valence-corrected chi connectivity index (χ2v) is 5.44. The third-order valence-electron chi connectivity index (χ3n) is 3.37. The van der Waals surface area contributed by atoms with Crippen LogP contribution in [0, 0.1) is 13.8 Å². The van der Waals surface area contributed by atoms with E-state index in [1.165, 1.54) is 6.08 Å². The third kappa shape index (κ3) is 4.21. The Balaban J connectivity index is 2.89. The standard InChI is InChI=1S/C16H24N2O4/c1-6-7-22-9-14(16(20)21)17-15(19)13-8-11(4)18(10(2)3)12(13)5/h6,8,10,14H,1,7,9H2,2-5H3,(H,17,19)(H,20,21). The summed E-state index contributed by atoms with van der Waals surface area (Å²) in [6.45, 7) is 11.5. The SMILES string of the molecule is C=CCOCC(NC(=O)c1cc(C)n(C(C)C)c1C)C(=O)O. The summed E-state index contributed by atoms with van der Waals surface area (Å²) in [7, 11) is 0. The number of rotatable bonds is 8. The lowest BCUT2D eigenvalue weighted by molar-refractivity contribution is -0.140. The molecular weight excluding hydrogens is 284 g/mol. The van der Waals surface area contributed by atoms with E-state index >= 15 is 0 Å². The van der Waals surface area contributed by atoms with Crippen LogP contribution >= 0.6 is 0 Å². The van der Waals surface area contributed by atoms with Gasteiger partial charge in [0.1, 0.15) is 0 Å². The van der Waals surface area contributed by atoms with Gasteiger partial charge in [-0.2, -0.15) is 0 Å². The molecule has 1 heterocycles. The molecule has 1 aromatic heterocycles. The zero-order chi connectivity index (χ0) is 16.9. The summed E-state index contributed by atoms with van der Waals surface area (Å²) < 4.78 is 7.16. The first kappa shape index (κ1) is 18.0. The van der Waals surface area contributed by atoms with Crippen LogP contribution in [0.1, 0.15) is 41.6 Å². The van der Waals surface area contributed by atoms with Crippen molar-refractivity contribution in [2.75, 3.05) is 13.2 Å². The Morgan fingerprint density at radius 3 is 2.55 bits per heavy atom. The lowest BCUT2D eigenvalue weighted by Gasteiger charge is -2.16. The number of nitrogens with one attached hydrogen (secondary N) is 1. The van der Waals surface area contributed by atoms with Crippen LogP contribution in [0.2, 0.25) is 0 Å². The molecule has 0 fully saturated rings. The average Bonchev–Trinajstić information content (AvgIpc) is 2.72. The van der Waals surface area contributed by atoms with Crippen molar-refractivity contribution in [3.8, 4) is 0 Å². The van der Waals surface area contributed by atoms with Crippen LogP contribution in [0.3, 0.4) is 0 Å². The molecule has 122 valence electrons. The number of hydrogen-bond donors (Lipinski definition) is 2. The number of aliphatic carboxylic acids is 1. The van der Waals surface area contributed by atoms with E-state index in [-0.39, 0.29) is 19.3 Å². The van der Waals surface area contributed by atoms with Crippen molar-refractivity contribution in [1.29, 1.82) is 0 Å². The van der Waals surface area contributed by atoms with Gasteiger partial charge in [-0.1, -0.05) is 6.08 Å². The Kier molecular flexibility index (Phi) is 6.37. The number of carbonyl (C=O) groups excluding carboxylic acids is 1. The van der Waals surface area contributed by atoms with Gasteiger partial charge in [0.05, 0.1) is 18.8 Å². The number of amides is 1. The molecule has 0 saturated heterocycles. The van der Waals surface area contributed by atoms with E-state index in [0.29, 0.717) is 5.56 Å². The fourth-order valence-electron chi connectivity index (χ4n) is 2.48. The molecule has 1 aromatic rings. The Hall–Kier alpha value is -2.08. The van der Waals surface area contributed by atoms with Gasteiger partial charge < -0.3 is 19.7 Å². The number of carboxylic acids is 1. The first-order valence-electron chi connectivity index (χ1n) is 7.20. The van der Waals surface area contributed by atoms with E-state index in [9.17, 15) is 9.59 Å². The first-order valence-corrected chi connectivity index (χ1v) is 7.20. The quantitative estimate of drug-likeness (QED) is 0.569. The molecule has 2 N–H and O–H groups in total. The van der Waals surface area contributed by atoms with Gasteiger partial charge in [-0.15, -0.1) is 6.58 Å². The van der Waals surface area contributed by atoms with E-state index in [2.05, 4.69) is 11.9 Å². The largest absolute Gasteiger partial charge is 0.480 e. The van der Waals surface area contributed by atoms with Gasteiger partial charge >= 0.3 is 5.97 Å². The van der Waals surface area contributed by atoms with Crippen molar-refractivity contribution in [3.63, 3.8) is 0 Å². The lowest BCUT2D eigenvalue weighted by atomic mass is 10.2. The van der Waals surface area contributed by atoms with Crippen molar-refractivity contribution >= 4 is 11.9 Å². The summed E-state index contributed by atoms with van der Waals surface area (Å²) in [5.41, 5.74) is 2.27. The van der Waals surface area contributed by atoms with Crippen LogP contribution in [0.25, 0.3) is 0 Å². The minimum absolute atomic E-state index is 0.101. The van der Waals surface area contributed by atoms with Crippen LogP contribution in [0.15, 0.2) is 18.7 Å². The Morgan fingerprint density at radius 2 is 2.09 bits per heavy atom. The normalized spacial score (nSPS) is 12.2. The smallest absolute Gasteiger partial charge is 0.328 e. The molecule has 1 amide bonds. The summed E-state index contributed by atoms with van der Waals surface area (Å²) >= 11 is 0. The Labute approximate surface area is 130 Å². The molecule has 0 saturated carbocycles. The van der Waals surface area contributed by atoms with Crippen molar-refractivity contribution in [2.24, 2.45) is 0 Å². The van der Waals surface area contributed by atoms with E-state index in [1.807, 2.05) is 32.3 Å². The minimum Gasteiger partial charge on any atom is -0.480 e. The number of carbonyl (C=O) groups is 2. The maximum atomic E-state index is 12.3. The topological polar surface area (TPSA) is 80.6 Å². The van der Waals surface area contributed by atoms with Crippen LogP contribution in [0.4, 0.5) is 0 Å². The van der Waals surface area contributed by atoms with Gasteiger partial charge in [0.2, 0.25) is 0 Å². The number of hydrogen-bond acceptors (Lipinski definition) is 3. The summed E-state index contributed by atoms with van der Waals surface area (Å²) in [6, 6.07) is 0.913. The first-order chi connectivity index (χ1) is 10.3. The molecular formula is C16H24N2O4. The van der Waals surface area contributed by atoms with Gasteiger partial charge in [-0.25, -0.2) is 4.79 Å². The zero-order valence-corrected chi connectivity index (χ0v) is 13.5. The average molecular weight is 308 g/mol. The summed E-state index contributed by atoms with van der Waals surface area (Å²) in [6.07, 6.45) is 1.52. The van der Waals surface area contributed by atoms with Gasteiger partial charge in [0.25, 0.3) is 5.91 Å². The fourth-order valence-corrected chi connectivity index (χ4v) is 2.48. The van der Waals surface area contributed by atoms with E-state index in [0.717, 1.165) is 11.4 Å². The van der Waals surface area contributed by atoms with Crippen LogP contribution in [-0.4, -0.2) is 40.8 Å². The monoisotopic (exact) mass is 308 g/mol. The fraction of sp³-hybridized carbons (Fsp3) is 0.500. The number of carboxylic acid groups (broad SMARTS) is 1. The molecule has 1 atom stereocenters. The highest BCUT2D eigenvalue weighted by Crippen LogP contribution is 2.20. The van der Waals surface area contributed by atoms with E-state index in [1.54, 1.807) is 6.07 Å². The van der Waals surface area contributed by atoms with Crippen molar-refractivity contribution < 1.29 is 19.4 Å². The van der Waals surface area contributed by atoms with Gasteiger partial charge in [0.15, 0.2) is 6.04 Å². The highest BCUT2D eigenvalue weighted by atomic mass is 16.5. The van der Waals surface area contributed by atoms with Crippen LogP contribution < -0.4 is 5.32 Å². The maximum Gasteiger partial charge on any atom is 0.328 e. The highest BCUT2D eigenvalue weighted by molar-refractivity contribution is 5.97. The van der Waals surface area contributed by atoms with Gasteiger partial charge in [-0.05, 0) is 33.8 Å². The number of ether oxygens (including phenoxy) is 1. The molecule has 0 radical (unpaired) electrons. The van der Waals surface area contributed by atoms with Gasteiger partial charge in [-0.3, -0.25) is 4.79 Å². The molecule has 1 unspecified atom stereocenters. The van der Waals surface area contributed by atoms with E-state index in [4.69, 9.17) is 9.84 Å². The lowest BCUT2D eigenvalue weighted by Crippen LogP contribution is -2.44. The summed E-state index contributed by atoms with van der Waals surface area (Å²) in [4.78, 5) is 23.5. The second kappa shape index (κ2) is 7.79. The molecule has 0 aromatic carbocycles. The molecule has 0 bridgehead atoms. The number of nitrogens with zero attached hydrogens (tertiary/aromatic N) is 1. The molecule has 22 heavy (non-hydrogen) atoms. The number of aromatic nitrogens is 1.